The minimum Gasteiger partial charge on any atom is -0.495 e. The van der Waals surface area contributed by atoms with Crippen molar-refractivity contribution in [2.45, 2.75) is 33.3 Å². The van der Waals surface area contributed by atoms with E-state index in [-0.39, 0.29) is 6.09 Å². The Balaban J connectivity index is 2.05. The molecule has 128 valence electrons. The van der Waals surface area contributed by atoms with Crippen molar-refractivity contribution in [1.82, 2.24) is 4.90 Å². The third kappa shape index (κ3) is 4.44. The first-order valence-corrected chi connectivity index (χ1v) is 8.16. The number of hydrogen-bond donors (Lipinski definition) is 0. The number of carbonyl (C=O) groups excluding carboxylic acids is 1. The van der Waals surface area contributed by atoms with Gasteiger partial charge in [-0.15, -0.1) is 0 Å². The Labute approximate surface area is 143 Å². The van der Waals surface area contributed by atoms with Crippen molar-refractivity contribution < 1.29 is 14.3 Å². The number of anilines is 1. The quantitative estimate of drug-likeness (QED) is 0.823. The van der Waals surface area contributed by atoms with Crippen LogP contribution in [0.4, 0.5) is 10.5 Å². The fourth-order valence-electron chi connectivity index (χ4n) is 2.52. The molecule has 2 rings (SSSR count). The Bertz CT molecular complexity index is 576. The maximum atomic E-state index is 12.1. The Morgan fingerprint density at radius 2 is 1.78 bits per heavy atom. The summed E-state index contributed by atoms with van der Waals surface area (Å²) in [5.74, 6) is 0.756. The molecule has 1 fully saturated rings. The van der Waals surface area contributed by atoms with Gasteiger partial charge in [0.1, 0.15) is 11.4 Å². The summed E-state index contributed by atoms with van der Waals surface area (Å²) in [5.41, 5.74) is 1.56. The molecule has 1 aliphatic heterocycles. The lowest BCUT2D eigenvalue weighted by atomic mass is 10.1. The molecule has 0 atom stereocenters. The highest BCUT2D eigenvalue weighted by molar-refractivity contribution is 6.31. The third-order valence-electron chi connectivity index (χ3n) is 3.73. The third-order valence-corrected chi connectivity index (χ3v) is 4.14. The van der Waals surface area contributed by atoms with Crippen molar-refractivity contribution in [3.63, 3.8) is 0 Å². The molecule has 1 aromatic carbocycles. The molecular formula is C17H25ClN2O3. The molecule has 1 amide bonds. The summed E-state index contributed by atoms with van der Waals surface area (Å²) in [6.07, 6.45) is -0.253. The number of benzene rings is 1. The van der Waals surface area contributed by atoms with Crippen LogP contribution in [0.3, 0.4) is 0 Å². The molecule has 5 nitrogen and oxygen atoms in total. The summed E-state index contributed by atoms with van der Waals surface area (Å²) in [7, 11) is 1.64. The number of methoxy groups -OCH3 is 1. The van der Waals surface area contributed by atoms with Gasteiger partial charge < -0.3 is 19.3 Å². The molecule has 1 heterocycles. The first kappa shape index (κ1) is 17.7. The van der Waals surface area contributed by atoms with Gasteiger partial charge in [0.15, 0.2) is 0 Å². The lowest BCUT2D eigenvalue weighted by Crippen LogP contribution is -2.50. The van der Waals surface area contributed by atoms with Gasteiger partial charge in [0.25, 0.3) is 0 Å². The summed E-state index contributed by atoms with van der Waals surface area (Å²) in [5, 5.41) is 0.693. The number of rotatable bonds is 2. The monoisotopic (exact) mass is 340 g/mol. The summed E-state index contributed by atoms with van der Waals surface area (Å²) < 4.78 is 10.9. The van der Waals surface area contributed by atoms with E-state index in [0.29, 0.717) is 18.1 Å². The van der Waals surface area contributed by atoms with Crippen LogP contribution in [0.2, 0.25) is 5.02 Å². The maximum Gasteiger partial charge on any atom is 0.410 e. The number of ether oxygens (including phenoxy) is 2. The fraction of sp³-hybridized carbons (Fsp3) is 0.588. The van der Waals surface area contributed by atoms with Crippen LogP contribution in [0.25, 0.3) is 0 Å². The van der Waals surface area contributed by atoms with E-state index < -0.39 is 5.60 Å². The van der Waals surface area contributed by atoms with Gasteiger partial charge >= 0.3 is 6.09 Å². The van der Waals surface area contributed by atoms with Crippen LogP contribution in [0.5, 0.6) is 5.75 Å². The van der Waals surface area contributed by atoms with E-state index in [2.05, 4.69) is 4.90 Å². The van der Waals surface area contributed by atoms with Crippen LogP contribution < -0.4 is 9.64 Å². The largest absolute Gasteiger partial charge is 0.495 e. The molecule has 0 radical (unpaired) electrons. The normalized spacial score (nSPS) is 15.6. The van der Waals surface area contributed by atoms with Crippen LogP contribution in [0.15, 0.2) is 12.1 Å². The summed E-state index contributed by atoms with van der Waals surface area (Å²) >= 11 is 6.16. The number of piperazine rings is 1. The topological polar surface area (TPSA) is 42.0 Å². The van der Waals surface area contributed by atoms with E-state index in [1.54, 1.807) is 12.0 Å². The zero-order valence-corrected chi connectivity index (χ0v) is 15.2. The highest BCUT2D eigenvalue weighted by Crippen LogP contribution is 2.34. The fourth-order valence-corrected chi connectivity index (χ4v) is 2.67. The lowest BCUT2D eigenvalue weighted by molar-refractivity contribution is 0.0240. The predicted molar refractivity (Wildman–Crippen MR) is 92.8 cm³/mol. The number of carbonyl (C=O) groups is 1. The second-order valence-corrected chi connectivity index (χ2v) is 7.13. The summed E-state index contributed by atoms with van der Waals surface area (Å²) in [6.45, 7) is 10.3. The van der Waals surface area contributed by atoms with E-state index in [1.807, 2.05) is 39.8 Å². The number of aryl methyl sites for hydroxylation is 1. The van der Waals surface area contributed by atoms with Gasteiger partial charge in [-0.3, -0.25) is 0 Å². The molecule has 6 heteroatoms. The average molecular weight is 341 g/mol. The lowest BCUT2D eigenvalue weighted by Gasteiger charge is -2.37. The summed E-state index contributed by atoms with van der Waals surface area (Å²) in [4.78, 5) is 16.1. The number of hydrogen-bond acceptors (Lipinski definition) is 4. The molecule has 0 bridgehead atoms. The number of nitrogens with zero attached hydrogens (tertiary/aromatic N) is 2. The maximum absolute atomic E-state index is 12.1. The van der Waals surface area contributed by atoms with Gasteiger partial charge in [-0.05, 0) is 39.3 Å². The van der Waals surface area contributed by atoms with Gasteiger partial charge in [-0.1, -0.05) is 11.6 Å². The van der Waals surface area contributed by atoms with Crippen LogP contribution in [0.1, 0.15) is 26.3 Å². The summed E-state index contributed by atoms with van der Waals surface area (Å²) in [6, 6.07) is 3.87. The van der Waals surface area contributed by atoms with Gasteiger partial charge in [-0.25, -0.2) is 4.79 Å². The smallest absolute Gasteiger partial charge is 0.410 e. The zero-order chi connectivity index (χ0) is 17.2. The van der Waals surface area contributed by atoms with Crippen molar-refractivity contribution in [2.75, 3.05) is 38.2 Å². The molecule has 0 aromatic heterocycles. The number of amides is 1. The van der Waals surface area contributed by atoms with E-state index >= 15 is 0 Å². The molecule has 1 aromatic rings. The van der Waals surface area contributed by atoms with Crippen LogP contribution in [-0.4, -0.2) is 49.9 Å². The standard InChI is InChI=1S/C17H25ClN2O3/c1-12-10-14(15(22-5)11-13(12)18)19-6-8-20(9-7-19)16(21)23-17(2,3)4/h10-11H,6-9H2,1-5H3. The Hall–Kier alpha value is -1.62. The van der Waals surface area contributed by atoms with E-state index in [9.17, 15) is 4.79 Å². The molecule has 0 aliphatic carbocycles. The highest BCUT2D eigenvalue weighted by atomic mass is 35.5. The van der Waals surface area contributed by atoms with Crippen LogP contribution in [0, 0.1) is 6.92 Å². The van der Waals surface area contributed by atoms with Gasteiger partial charge in [-0.2, -0.15) is 0 Å². The molecular weight excluding hydrogens is 316 g/mol. The molecule has 0 unspecified atom stereocenters. The van der Waals surface area contributed by atoms with Crippen molar-refractivity contribution in [2.24, 2.45) is 0 Å². The second-order valence-electron chi connectivity index (χ2n) is 6.73. The number of halogens is 1. The van der Waals surface area contributed by atoms with Gasteiger partial charge in [0.2, 0.25) is 0 Å². The van der Waals surface area contributed by atoms with Crippen LogP contribution >= 0.6 is 11.6 Å². The van der Waals surface area contributed by atoms with E-state index in [1.165, 1.54) is 0 Å². The molecule has 0 N–H and O–H groups in total. The van der Waals surface area contributed by atoms with Crippen molar-refractivity contribution >= 4 is 23.4 Å². The first-order valence-electron chi connectivity index (χ1n) is 7.78. The van der Waals surface area contributed by atoms with E-state index in [0.717, 1.165) is 30.1 Å². The van der Waals surface area contributed by atoms with Gasteiger partial charge in [0, 0.05) is 37.3 Å². The Kier molecular flexibility index (Phi) is 5.30. The highest BCUT2D eigenvalue weighted by Gasteiger charge is 2.27. The van der Waals surface area contributed by atoms with Gasteiger partial charge in [0.05, 0.1) is 12.8 Å². The van der Waals surface area contributed by atoms with Crippen molar-refractivity contribution in [3.8, 4) is 5.75 Å². The first-order chi connectivity index (χ1) is 10.7. The predicted octanol–water partition coefficient (Wildman–Crippen LogP) is 3.71. The SMILES string of the molecule is COc1cc(Cl)c(C)cc1N1CCN(C(=O)OC(C)(C)C)CC1. The minimum absolute atomic E-state index is 0.253. The second kappa shape index (κ2) is 6.87. The van der Waals surface area contributed by atoms with Crippen LogP contribution in [-0.2, 0) is 4.74 Å². The minimum atomic E-state index is -0.468. The molecule has 0 spiro atoms. The zero-order valence-electron chi connectivity index (χ0n) is 14.5. The average Bonchev–Trinajstić information content (AvgIpc) is 2.48. The Morgan fingerprint density at radius 3 is 2.30 bits per heavy atom. The molecule has 1 aliphatic rings. The molecule has 1 saturated heterocycles. The molecule has 0 saturated carbocycles. The van der Waals surface area contributed by atoms with E-state index in [4.69, 9.17) is 21.1 Å². The molecule has 23 heavy (non-hydrogen) atoms. The van der Waals surface area contributed by atoms with Crippen molar-refractivity contribution in [1.29, 1.82) is 0 Å². The Morgan fingerprint density at radius 1 is 1.17 bits per heavy atom. The van der Waals surface area contributed by atoms with Crippen molar-refractivity contribution in [3.05, 3.63) is 22.7 Å².